The number of halogens is 2. The van der Waals surface area contributed by atoms with Crippen molar-refractivity contribution >= 4 is 51.9 Å². The standard InChI is InChI=1S/C28H33ClFN5O3S/c1-16(2)24(17-6-4-3-5-7-17)33-22-11-9-19(38-25(26(31)36)27-32-12-13-39-27)15-23(22)35-28(37)34-21-10-8-18(29)14-20(21)30/h8-17,24-25,33H,3-7H2,1-2H3,(H2,31,36)(H2,34,35,37). The number of anilines is 3. The summed E-state index contributed by atoms with van der Waals surface area (Å²) in [7, 11) is 0. The van der Waals surface area contributed by atoms with Gasteiger partial charge in [-0.15, -0.1) is 11.3 Å². The summed E-state index contributed by atoms with van der Waals surface area (Å²) in [4.78, 5) is 29.2. The minimum atomic E-state index is -1.08. The van der Waals surface area contributed by atoms with Crippen LogP contribution >= 0.6 is 22.9 Å². The number of ether oxygens (including phenoxy) is 1. The Hall–Kier alpha value is -3.37. The van der Waals surface area contributed by atoms with Crippen molar-refractivity contribution in [2.75, 3.05) is 16.0 Å². The van der Waals surface area contributed by atoms with Crippen LogP contribution in [0.1, 0.15) is 57.1 Å². The van der Waals surface area contributed by atoms with E-state index in [2.05, 4.69) is 34.8 Å². The molecule has 1 saturated carbocycles. The molecule has 208 valence electrons. The number of rotatable bonds is 10. The maximum Gasteiger partial charge on any atom is 0.323 e. The van der Waals surface area contributed by atoms with E-state index in [-0.39, 0.29) is 16.8 Å². The summed E-state index contributed by atoms with van der Waals surface area (Å²) in [5, 5.41) is 11.3. The fourth-order valence-electron chi connectivity index (χ4n) is 4.92. The van der Waals surface area contributed by atoms with Gasteiger partial charge in [-0.1, -0.05) is 44.7 Å². The van der Waals surface area contributed by atoms with Gasteiger partial charge in [0.25, 0.3) is 5.91 Å². The molecular formula is C28H33ClFN5O3S. The smallest absolute Gasteiger partial charge is 0.323 e. The first-order chi connectivity index (χ1) is 18.7. The third kappa shape index (κ3) is 7.60. The van der Waals surface area contributed by atoms with Crippen LogP contribution in [0.4, 0.5) is 26.2 Å². The molecule has 5 N–H and O–H groups in total. The summed E-state index contributed by atoms with van der Waals surface area (Å²) in [6.45, 7) is 4.36. The summed E-state index contributed by atoms with van der Waals surface area (Å²) >= 11 is 7.09. The molecule has 1 aromatic heterocycles. The number of hydrogen-bond donors (Lipinski definition) is 4. The Morgan fingerprint density at radius 1 is 1.08 bits per heavy atom. The normalized spacial score (nSPS) is 15.4. The maximum atomic E-state index is 14.3. The second-order valence-electron chi connectivity index (χ2n) is 9.99. The van der Waals surface area contributed by atoms with E-state index in [0.717, 1.165) is 18.9 Å². The van der Waals surface area contributed by atoms with Gasteiger partial charge in [-0.25, -0.2) is 14.2 Å². The summed E-state index contributed by atoms with van der Waals surface area (Å²) in [5.74, 6) is -0.180. The molecule has 1 heterocycles. The molecule has 3 amide bonds. The molecule has 4 rings (SSSR count). The second-order valence-corrected chi connectivity index (χ2v) is 11.4. The molecule has 2 aromatic carbocycles. The van der Waals surface area contributed by atoms with Crippen molar-refractivity contribution in [3.63, 3.8) is 0 Å². The Kier molecular flexibility index (Phi) is 9.63. The Balaban J connectivity index is 1.61. The van der Waals surface area contributed by atoms with Crippen LogP contribution in [-0.4, -0.2) is 23.0 Å². The Morgan fingerprint density at radius 2 is 1.79 bits per heavy atom. The van der Waals surface area contributed by atoms with Gasteiger partial charge in [-0.3, -0.25) is 4.79 Å². The van der Waals surface area contributed by atoms with Crippen LogP contribution in [0, 0.1) is 17.7 Å². The minimum Gasteiger partial charge on any atom is -0.473 e. The molecule has 3 aromatic rings. The number of amides is 3. The van der Waals surface area contributed by atoms with E-state index in [1.165, 1.54) is 42.7 Å². The Bertz CT molecular complexity index is 1280. The van der Waals surface area contributed by atoms with E-state index in [1.807, 2.05) is 0 Å². The van der Waals surface area contributed by atoms with E-state index < -0.39 is 23.9 Å². The lowest BCUT2D eigenvalue weighted by atomic mass is 9.79. The van der Waals surface area contributed by atoms with Crippen LogP contribution in [0.25, 0.3) is 0 Å². The highest BCUT2D eigenvalue weighted by atomic mass is 35.5. The van der Waals surface area contributed by atoms with Crippen LogP contribution in [0.2, 0.25) is 5.02 Å². The maximum absolute atomic E-state index is 14.3. The number of benzene rings is 2. The monoisotopic (exact) mass is 573 g/mol. The van der Waals surface area contributed by atoms with Crippen molar-refractivity contribution in [2.24, 2.45) is 17.6 Å². The average molecular weight is 574 g/mol. The van der Waals surface area contributed by atoms with Crippen molar-refractivity contribution in [3.8, 4) is 5.75 Å². The number of carbonyl (C=O) groups is 2. The molecule has 39 heavy (non-hydrogen) atoms. The third-order valence-corrected chi connectivity index (χ3v) is 7.86. The van der Waals surface area contributed by atoms with Crippen LogP contribution in [0.5, 0.6) is 5.75 Å². The lowest BCUT2D eigenvalue weighted by Gasteiger charge is -2.35. The molecule has 8 nitrogen and oxygen atoms in total. The summed E-state index contributed by atoms with van der Waals surface area (Å²) in [6, 6.07) is 8.66. The van der Waals surface area contributed by atoms with Crippen LogP contribution in [-0.2, 0) is 4.79 Å². The van der Waals surface area contributed by atoms with Crippen molar-refractivity contribution in [1.29, 1.82) is 0 Å². The first-order valence-electron chi connectivity index (χ1n) is 13.0. The molecule has 0 radical (unpaired) electrons. The number of hydrogen-bond acceptors (Lipinski definition) is 6. The molecule has 0 spiro atoms. The highest BCUT2D eigenvalue weighted by Crippen LogP contribution is 2.36. The predicted molar refractivity (Wildman–Crippen MR) is 154 cm³/mol. The minimum absolute atomic E-state index is 0.0151. The topological polar surface area (TPSA) is 118 Å². The number of carbonyl (C=O) groups excluding carboxylic acids is 2. The molecule has 0 saturated heterocycles. The van der Waals surface area contributed by atoms with E-state index in [9.17, 15) is 14.0 Å². The first kappa shape index (κ1) is 28.6. The van der Waals surface area contributed by atoms with Gasteiger partial charge in [-0.05, 0) is 55.0 Å². The lowest BCUT2D eigenvalue weighted by molar-refractivity contribution is -0.125. The van der Waals surface area contributed by atoms with Gasteiger partial charge in [0, 0.05) is 28.7 Å². The van der Waals surface area contributed by atoms with Crippen LogP contribution in [0.15, 0.2) is 48.0 Å². The number of nitrogens with two attached hydrogens (primary N) is 1. The van der Waals surface area contributed by atoms with Crippen molar-refractivity contribution in [1.82, 2.24) is 4.98 Å². The molecule has 1 fully saturated rings. The number of nitrogens with one attached hydrogen (secondary N) is 3. The largest absolute Gasteiger partial charge is 0.473 e. The molecule has 1 aliphatic carbocycles. The highest BCUT2D eigenvalue weighted by molar-refractivity contribution is 7.09. The van der Waals surface area contributed by atoms with E-state index in [1.54, 1.807) is 29.8 Å². The van der Waals surface area contributed by atoms with Gasteiger partial charge in [0.1, 0.15) is 16.6 Å². The molecule has 1 aliphatic rings. The SMILES string of the molecule is CC(C)C(Nc1ccc(OC(C(N)=O)c2nccs2)cc1NC(=O)Nc1ccc(Cl)cc1F)C1CCCCC1. The van der Waals surface area contributed by atoms with Crippen molar-refractivity contribution < 1.29 is 18.7 Å². The zero-order chi connectivity index (χ0) is 27.9. The number of thiazole rings is 1. The number of nitrogens with zero attached hydrogens (tertiary/aromatic N) is 1. The van der Waals surface area contributed by atoms with Gasteiger partial charge < -0.3 is 26.4 Å². The quantitative estimate of drug-likeness (QED) is 0.204. The first-order valence-corrected chi connectivity index (χ1v) is 14.3. The van der Waals surface area contributed by atoms with E-state index in [4.69, 9.17) is 22.1 Å². The van der Waals surface area contributed by atoms with Crippen molar-refractivity contribution in [2.45, 2.75) is 58.1 Å². The summed E-state index contributed by atoms with van der Waals surface area (Å²) in [5.41, 5.74) is 6.66. The average Bonchev–Trinajstić information content (AvgIpc) is 3.43. The Morgan fingerprint density at radius 3 is 2.44 bits per heavy atom. The summed E-state index contributed by atoms with van der Waals surface area (Å²) < 4.78 is 20.2. The molecule has 2 unspecified atom stereocenters. The predicted octanol–water partition coefficient (Wildman–Crippen LogP) is 7.20. The number of urea groups is 1. The zero-order valence-corrected chi connectivity index (χ0v) is 23.4. The van der Waals surface area contributed by atoms with Gasteiger partial charge in [0.15, 0.2) is 0 Å². The molecular weight excluding hydrogens is 541 g/mol. The third-order valence-electron chi connectivity index (χ3n) is 6.80. The van der Waals surface area contributed by atoms with Gasteiger partial charge in [-0.2, -0.15) is 0 Å². The van der Waals surface area contributed by atoms with Gasteiger partial charge in [0.2, 0.25) is 6.10 Å². The lowest BCUT2D eigenvalue weighted by Crippen LogP contribution is -2.35. The van der Waals surface area contributed by atoms with E-state index >= 15 is 0 Å². The van der Waals surface area contributed by atoms with Gasteiger partial charge >= 0.3 is 6.03 Å². The van der Waals surface area contributed by atoms with Crippen LogP contribution < -0.4 is 26.4 Å². The molecule has 0 aliphatic heterocycles. The molecule has 0 bridgehead atoms. The zero-order valence-electron chi connectivity index (χ0n) is 21.9. The fraction of sp³-hybridized carbons (Fsp3) is 0.393. The van der Waals surface area contributed by atoms with Crippen LogP contribution in [0.3, 0.4) is 0 Å². The number of aromatic nitrogens is 1. The van der Waals surface area contributed by atoms with Crippen molar-refractivity contribution in [3.05, 3.63) is 63.8 Å². The fourth-order valence-corrected chi connectivity index (χ4v) is 5.75. The summed E-state index contributed by atoms with van der Waals surface area (Å²) in [6.07, 6.45) is 6.42. The van der Waals surface area contributed by atoms with E-state index in [0.29, 0.717) is 34.0 Å². The molecule has 11 heteroatoms. The second kappa shape index (κ2) is 13.1. The Labute approximate surface area is 236 Å². The number of primary amides is 1. The molecule has 2 atom stereocenters. The van der Waals surface area contributed by atoms with Gasteiger partial charge in [0.05, 0.1) is 17.1 Å². The highest BCUT2D eigenvalue weighted by Gasteiger charge is 2.28.